The minimum absolute atomic E-state index is 0.0336. The summed E-state index contributed by atoms with van der Waals surface area (Å²) in [5, 5.41) is 9.22. The second-order valence-corrected chi connectivity index (χ2v) is 5.47. The first-order valence-corrected chi connectivity index (χ1v) is 6.96. The Morgan fingerprint density at radius 3 is 2.26 bits per heavy atom. The molecule has 0 amide bonds. The van der Waals surface area contributed by atoms with Crippen LogP contribution in [0.3, 0.4) is 0 Å². The number of hydrogen-bond acceptors (Lipinski definition) is 3. The Bertz CT molecular complexity index is 759. The molecule has 1 N–H and O–H groups in total. The lowest BCUT2D eigenvalue weighted by Gasteiger charge is -2.11. The van der Waals surface area contributed by atoms with E-state index < -0.39 is 10.1 Å². The topological polar surface area (TPSA) is 78.2 Å². The van der Waals surface area contributed by atoms with Crippen LogP contribution in [0.4, 0.5) is 0 Å². The summed E-state index contributed by atoms with van der Waals surface area (Å²) in [5.74, 6) is 0. The quantitative estimate of drug-likeness (QED) is 0.853. The summed E-state index contributed by atoms with van der Waals surface area (Å²) in [6, 6.07) is 13.7. The highest BCUT2D eigenvalue weighted by molar-refractivity contribution is 7.85. The molecular weight excluding hydrogens is 262 g/mol. The Balaban J connectivity index is 2.86. The van der Waals surface area contributed by atoms with Crippen molar-refractivity contribution in [2.24, 2.45) is 0 Å². The summed E-state index contributed by atoms with van der Waals surface area (Å²) >= 11 is 0. The number of aryl methyl sites for hydroxylation is 1. The highest BCUT2D eigenvalue weighted by atomic mass is 32.2. The van der Waals surface area contributed by atoms with Crippen molar-refractivity contribution < 1.29 is 13.0 Å². The van der Waals surface area contributed by atoms with Crippen molar-refractivity contribution in [1.29, 1.82) is 5.26 Å². The second-order valence-electron chi connectivity index (χ2n) is 4.08. The Morgan fingerprint density at radius 2 is 1.74 bits per heavy atom. The number of nitriles is 1. The lowest BCUT2D eigenvalue weighted by molar-refractivity contribution is 0.483. The molecule has 0 spiro atoms. The number of nitrogens with zero attached hydrogens (tertiary/aromatic N) is 1. The van der Waals surface area contributed by atoms with E-state index in [1.165, 1.54) is 6.07 Å². The predicted octanol–water partition coefficient (Wildman–Crippen LogP) is 2.78. The first-order valence-electron chi connectivity index (χ1n) is 5.52. The monoisotopic (exact) mass is 273 g/mol. The van der Waals surface area contributed by atoms with Gasteiger partial charge in [0.1, 0.15) is 11.0 Å². The highest BCUT2D eigenvalue weighted by Gasteiger charge is 2.20. The molecule has 0 aliphatic carbocycles. The third-order valence-electron chi connectivity index (χ3n) is 2.83. The molecule has 4 nitrogen and oxygen atoms in total. The average molecular weight is 273 g/mol. The van der Waals surface area contributed by atoms with Crippen molar-refractivity contribution in [3.63, 3.8) is 0 Å². The van der Waals surface area contributed by atoms with Crippen molar-refractivity contribution in [3.8, 4) is 17.2 Å². The van der Waals surface area contributed by atoms with Crippen LogP contribution in [0, 0.1) is 18.3 Å². The molecule has 0 fully saturated rings. The molecule has 2 aromatic carbocycles. The van der Waals surface area contributed by atoms with Gasteiger partial charge in [-0.25, -0.2) is 0 Å². The summed E-state index contributed by atoms with van der Waals surface area (Å²) < 4.78 is 31.8. The van der Waals surface area contributed by atoms with Crippen molar-refractivity contribution >= 4 is 10.1 Å². The predicted molar refractivity (Wildman–Crippen MR) is 71.1 cm³/mol. The summed E-state index contributed by atoms with van der Waals surface area (Å²) in [7, 11) is -4.42. The third kappa shape index (κ3) is 2.50. The van der Waals surface area contributed by atoms with Gasteiger partial charge in [0.25, 0.3) is 10.1 Å². The maximum atomic E-state index is 11.3. The Labute approximate surface area is 111 Å². The molecule has 0 atom stereocenters. The van der Waals surface area contributed by atoms with Gasteiger partial charge < -0.3 is 0 Å². The molecular formula is C14H11NO3S. The molecule has 0 heterocycles. The highest BCUT2D eigenvalue weighted by Crippen LogP contribution is 2.31. The van der Waals surface area contributed by atoms with E-state index in [2.05, 4.69) is 0 Å². The Morgan fingerprint density at radius 1 is 1.11 bits per heavy atom. The largest absolute Gasteiger partial charge is 0.295 e. The van der Waals surface area contributed by atoms with Gasteiger partial charge in [-0.2, -0.15) is 13.7 Å². The average Bonchev–Trinajstić information content (AvgIpc) is 2.37. The van der Waals surface area contributed by atoms with Crippen LogP contribution in [0.15, 0.2) is 47.4 Å². The van der Waals surface area contributed by atoms with Crippen LogP contribution in [0.2, 0.25) is 0 Å². The maximum Gasteiger partial charge on any atom is 0.295 e. The molecule has 0 radical (unpaired) electrons. The van der Waals surface area contributed by atoms with Crippen LogP contribution in [-0.4, -0.2) is 13.0 Å². The van der Waals surface area contributed by atoms with Crippen molar-refractivity contribution in [1.82, 2.24) is 0 Å². The van der Waals surface area contributed by atoms with Crippen LogP contribution < -0.4 is 0 Å². The van der Waals surface area contributed by atoms with Gasteiger partial charge in [-0.15, -0.1) is 0 Å². The van der Waals surface area contributed by atoms with Crippen molar-refractivity contribution in [3.05, 3.63) is 53.6 Å². The van der Waals surface area contributed by atoms with E-state index in [-0.39, 0.29) is 10.5 Å². The van der Waals surface area contributed by atoms with E-state index in [1.54, 1.807) is 37.3 Å². The fraction of sp³-hybridized carbons (Fsp3) is 0.0714. The van der Waals surface area contributed by atoms with Gasteiger partial charge in [0, 0.05) is 5.56 Å². The minimum atomic E-state index is -4.42. The smallest absolute Gasteiger partial charge is 0.282 e. The first kappa shape index (κ1) is 13.3. The minimum Gasteiger partial charge on any atom is -0.282 e. The molecule has 0 aliphatic heterocycles. The Kier molecular flexibility index (Phi) is 3.38. The normalized spacial score (nSPS) is 11.0. The van der Waals surface area contributed by atoms with E-state index in [0.29, 0.717) is 5.56 Å². The zero-order valence-corrected chi connectivity index (χ0v) is 11.0. The summed E-state index contributed by atoms with van der Waals surface area (Å²) in [6.07, 6.45) is 0. The molecule has 0 bridgehead atoms. The summed E-state index contributed by atoms with van der Waals surface area (Å²) in [6.45, 7) is 1.79. The van der Waals surface area contributed by atoms with E-state index in [9.17, 15) is 18.2 Å². The lowest BCUT2D eigenvalue weighted by Crippen LogP contribution is -2.03. The van der Waals surface area contributed by atoms with Gasteiger partial charge in [0.2, 0.25) is 0 Å². The summed E-state index contributed by atoms with van der Waals surface area (Å²) in [4.78, 5) is -0.362. The first-order chi connectivity index (χ1) is 8.95. The van der Waals surface area contributed by atoms with Crippen molar-refractivity contribution in [2.75, 3.05) is 0 Å². The van der Waals surface area contributed by atoms with E-state index in [1.807, 2.05) is 12.1 Å². The molecule has 5 heteroatoms. The van der Waals surface area contributed by atoms with Crippen molar-refractivity contribution in [2.45, 2.75) is 11.8 Å². The van der Waals surface area contributed by atoms with E-state index >= 15 is 0 Å². The van der Waals surface area contributed by atoms with Gasteiger partial charge in [-0.3, -0.25) is 4.55 Å². The molecule has 2 rings (SSSR count). The van der Waals surface area contributed by atoms with Crippen LogP contribution in [0.5, 0.6) is 0 Å². The van der Waals surface area contributed by atoms with Gasteiger partial charge >= 0.3 is 0 Å². The lowest BCUT2D eigenvalue weighted by atomic mass is 9.96. The SMILES string of the molecule is Cc1ccc(S(=O)(=O)O)c(C#N)c1-c1ccccc1. The van der Waals surface area contributed by atoms with Gasteiger partial charge in [-0.1, -0.05) is 36.4 Å². The molecule has 0 aromatic heterocycles. The molecule has 0 unspecified atom stereocenters. The second kappa shape index (κ2) is 4.84. The molecule has 0 saturated heterocycles. The fourth-order valence-electron chi connectivity index (χ4n) is 1.99. The number of benzene rings is 2. The number of hydrogen-bond donors (Lipinski definition) is 1. The molecule has 0 aliphatic rings. The third-order valence-corrected chi connectivity index (χ3v) is 3.72. The molecule has 2 aromatic rings. The maximum absolute atomic E-state index is 11.3. The van der Waals surface area contributed by atoms with Gasteiger partial charge in [0.05, 0.1) is 5.56 Å². The van der Waals surface area contributed by atoms with Gasteiger partial charge in [0.15, 0.2) is 0 Å². The Hall–Kier alpha value is -2.16. The van der Waals surface area contributed by atoms with Crippen LogP contribution in [-0.2, 0) is 10.1 Å². The zero-order valence-electron chi connectivity index (χ0n) is 10.2. The fourth-order valence-corrected chi connectivity index (χ4v) is 2.64. The standard InChI is InChI=1S/C14H11NO3S/c1-10-7-8-13(19(16,17)18)12(9-15)14(10)11-5-3-2-4-6-11/h2-8H,1H3,(H,16,17,18). The van der Waals surface area contributed by atoms with Gasteiger partial charge in [-0.05, 0) is 24.1 Å². The molecule has 96 valence electrons. The van der Waals surface area contributed by atoms with E-state index in [0.717, 1.165) is 11.1 Å². The van der Waals surface area contributed by atoms with E-state index in [4.69, 9.17) is 0 Å². The molecule has 19 heavy (non-hydrogen) atoms. The van der Waals surface area contributed by atoms with Crippen LogP contribution in [0.1, 0.15) is 11.1 Å². The van der Waals surface area contributed by atoms with Crippen LogP contribution >= 0.6 is 0 Å². The van der Waals surface area contributed by atoms with Crippen LogP contribution in [0.25, 0.3) is 11.1 Å². The number of rotatable bonds is 2. The summed E-state index contributed by atoms with van der Waals surface area (Å²) in [5.41, 5.74) is 2.00. The zero-order chi connectivity index (χ0) is 14.0. The molecule has 0 saturated carbocycles.